The number of fused-ring (bicyclic) bond motifs is 1. The van der Waals surface area contributed by atoms with Gasteiger partial charge in [0.05, 0.1) is 5.69 Å². The van der Waals surface area contributed by atoms with Crippen molar-refractivity contribution in [3.05, 3.63) is 24.0 Å². The summed E-state index contributed by atoms with van der Waals surface area (Å²) < 4.78 is 13.4. The molecule has 0 aliphatic carbocycles. The van der Waals surface area contributed by atoms with Crippen molar-refractivity contribution >= 4 is 17.4 Å². The number of halogens is 1. The van der Waals surface area contributed by atoms with Gasteiger partial charge in [-0.05, 0) is 18.1 Å². The maximum absolute atomic E-state index is 13.4. The van der Waals surface area contributed by atoms with E-state index in [2.05, 4.69) is 19.2 Å². The fourth-order valence-electron chi connectivity index (χ4n) is 1.53. The van der Waals surface area contributed by atoms with Crippen molar-refractivity contribution in [3.63, 3.8) is 0 Å². The molecule has 1 aromatic rings. The average Bonchev–Trinajstić information content (AvgIpc) is 2.18. The van der Waals surface area contributed by atoms with Crippen LogP contribution in [0.2, 0.25) is 0 Å². The SMILES string of the molecule is CC(C)C1CSc2cccc(F)c2N1. The van der Waals surface area contributed by atoms with E-state index in [0.717, 1.165) is 10.6 Å². The second kappa shape index (κ2) is 3.81. The molecule has 14 heavy (non-hydrogen) atoms. The molecule has 2 rings (SSSR count). The molecule has 1 aliphatic heterocycles. The highest BCUT2D eigenvalue weighted by molar-refractivity contribution is 7.99. The van der Waals surface area contributed by atoms with Gasteiger partial charge >= 0.3 is 0 Å². The Hall–Kier alpha value is -0.700. The van der Waals surface area contributed by atoms with E-state index in [4.69, 9.17) is 0 Å². The number of benzene rings is 1. The molecule has 1 N–H and O–H groups in total. The zero-order valence-corrected chi connectivity index (χ0v) is 9.20. The summed E-state index contributed by atoms with van der Waals surface area (Å²) in [5.41, 5.74) is 0.683. The van der Waals surface area contributed by atoms with Gasteiger partial charge < -0.3 is 5.32 Å². The van der Waals surface area contributed by atoms with E-state index in [1.165, 1.54) is 6.07 Å². The highest BCUT2D eigenvalue weighted by atomic mass is 32.2. The van der Waals surface area contributed by atoms with Gasteiger partial charge in [0.2, 0.25) is 0 Å². The molecule has 0 spiro atoms. The largest absolute Gasteiger partial charge is 0.378 e. The van der Waals surface area contributed by atoms with E-state index in [1.807, 2.05) is 6.07 Å². The Labute approximate surface area is 88.1 Å². The van der Waals surface area contributed by atoms with Crippen LogP contribution in [-0.4, -0.2) is 11.8 Å². The Kier molecular flexibility index (Phi) is 2.68. The number of nitrogens with one attached hydrogen (secondary N) is 1. The highest BCUT2D eigenvalue weighted by Crippen LogP contribution is 2.36. The smallest absolute Gasteiger partial charge is 0.147 e. The summed E-state index contributed by atoms with van der Waals surface area (Å²) in [7, 11) is 0. The quantitative estimate of drug-likeness (QED) is 0.764. The topological polar surface area (TPSA) is 12.0 Å². The molecule has 0 aromatic heterocycles. The summed E-state index contributed by atoms with van der Waals surface area (Å²) in [6, 6.07) is 5.62. The van der Waals surface area contributed by atoms with Gasteiger partial charge in [-0.15, -0.1) is 11.8 Å². The number of hydrogen-bond acceptors (Lipinski definition) is 2. The number of thioether (sulfide) groups is 1. The van der Waals surface area contributed by atoms with Crippen molar-refractivity contribution < 1.29 is 4.39 Å². The number of hydrogen-bond donors (Lipinski definition) is 1. The van der Waals surface area contributed by atoms with E-state index in [1.54, 1.807) is 17.8 Å². The summed E-state index contributed by atoms with van der Waals surface area (Å²) in [5, 5.41) is 3.27. The molecule has 76 valence electrons. The van der Waals surface area contributed by atoms with Crippen LogP contribution in [-0.2, 0) is 0 Å². The minimum atomic E-state index is -0.139. The monoisotopic (exact) mass is 211 g/mol. The summed E-state index contributed by atoms with van der Waals surface area (Å²) in [6.45, 7) is 4.31. The van der Waals surface area contributed by atoms with Crippen LogP contribution in [0, 0.1) is 11.7 Å². The van der Waals surface area contributed by atoms with E-state index in [9.17, 15) is 4.39 Å². The van der Waals surface area contributed by atoms with Crippen LogP contribution in [0.15, 0.2) is 23.1 Å². The van der Waals surface area contributed by atoms with E-state index in [-0.39, 0.29) is 5.82 Å². The predicted molar refractivity (Wildman–Crippen MR) is 59.4 cm³/mol. The molecule has 1 aromatic carbocycles. The predicted octanol–water partition coefficient (Wildman–Crippen LogP) is 3.37. The van der Waals surface area contributed by atoms with Crippen LogP contribution < -0.4 is 5.32 Å². The zero-order valence-electron chi connectivity index (χ0n) is 8.38. The van der Waals surface area contributed by atoms with Crippen molar-refractivity contribution in [1.29, 1.82) is 0 Å². The maximum atomic E-state index is 13.4. The molecule has 0 saturated carbocycles. The van der Waals surface area contributed by atoms with Crippen LogP contribution in [0.5, 0.6) is 0 Å². The molecule has 0 saturated heterocycles. The fourth-order valence-corrected chi connectivity index (χ4v) is 2.83. The minimum absolute atomic E-state index is 0.139. The summed E-state index contributed by atoms with van der Waals surface area (Å²) >= 11 is 1.74. The molecule has 0 radical (unpaired) electrons. The number of anilines is 1. The zero-order chi connectivity index (χ0) is 10.1. The molecule has 1 heterocycles. The second-order valence-electron chi connectivity index (χ2n) is 3.92. The number of rotatable bonds is 1. The fraction of sp³-hybridized carbons (Fsp3) is 0.455. The third kappa shape index (κ3) is 1.73. The first kappa shape index (κ1) is 9.84. The molecule has 1 unspecified atom stereocenters. The van der Waals surface area contributed by atoms with Gasteiger partial charge in [0.15, 0.2) is 0 Å². The van der Waals surface area contributed by atoms with E-state index in [0.29, 0.717) is 17.6 Å². The van der Waals surface area contributed by atoms with Crippen molar-refractivity contribution in [2.75, 3.05) is 11.1 Å². The highest BCUT2D eigenvalue weighted by Gasteiger charge is 2.22. The molecule has 0 amide bonds. The molecule has 0 bridgehead atoms. The van der Waals surface area contributed by atoms with Crippen LogP contribution in [0.4, 0.5) is 10.1 Å². The van der Waals surface area contributed by atoms with Crippen molar-refractivity contribution in [3.8, 4) is 0 Å². The van der Waals surface area contributed by atoms with Crippen molar-refractivity contribution in [1.82, 2.24) is 0 Å². The van der Waals surface area contributed by atoms with Crippen LogP contribution in [0.25, 0.3) is 0 Å². The molecule has 1 nitrogen and oxygen atoms in total. The van der Waals surface area contributed by atoms with Gasteiger partial charge in [-0.25, -0.2) is 4.39 Å². The van der Waals surface area contributed by atoms with Gasteiger partial charge in [-0.2, -0.15) is 0 Å². The van der Waals surface area contributed by atoms with Crippen LogP contribution in [0.3, 0.4) is 0 Å². The summed E-state index contributed by atoms with van der Waals surface area (Å²) in [4.78, 5) is 1.03. The lowest BCUT2D eigenvalue weighted by molar-refractivity contribution is 0.552. The van der Waals surface area contributed by atoms with Gasteiger partial charge in [0, 0.05) is 16.7 Å². The van der Waals surface area contributed by atoms with Gasteiger partial charge in [0.25, 0.3) is 0 Å². The van der Waals surface area contributed by atoms with E-state index < -0.39 is 0 Å². The van der Waals surface area contributed by atoms with Gasteiger partial charge in [-0.1, -0.05) is 19.9 Å². The third-order valence-electron chi connectivity index (χ3n) is 2.53. The summed E-state index contributed by atoms with van der Waals surface area (Å²) in [6.07, 6.45) is 0. The number of para-hydroxylation sites is 1. The Morgan fingerprint density at radius 3 is 3.00 bits per heavy atom. The Bertz CT molecular complexity index is 338. The maximum Gasteiger partial charge on any atom is 0.147 e. The summed E-state index contributed by atoms with van der Waals surface area (Å²) in [5.74, 6) is 1.42. The first-order valence-electron chi connectivity index (χ1n) is 4.86. The Morgan fingerprint density at radius 2 is 2.29 bits per heavy atom. The first-order valence-corrected chi connectivity index (χ1v) is 5.85. The second-order valence-corrected chi connectivity index (χ2v) is 4.98. The molecular formula is C11H14FNS. The molecular weight excluding hydrogens is 197 g/mol. The third-order valence-corrected chi connectivity index (χ3v) is 3.71. The minimum Gasteiger partial charge on any atom is -0.378 e. The van der Waals surface area contributed by atoms with Crippen molar-refractivity contribution in [2.24, 2.45) is 5.92 Å². The van der Waals surface area contributed by atoms with Crippen molar-refractivity contribution in [2.45, 2.75) is 24.8 Å². The molecule has 1 atom stereocenters. The Balaban J connectivity index is 2.29. The molecule has 0 fully saturated rings. The first-order chi connectivity index (χ1) is 6.68. The average molecular weight is 211 g/mol. The van der Waals surface area contributed by atoms with Crippen LogP contribution >= 0.6 is 11.8 Å². The lowest BCUT2D eigenvalue weighted by Crippen LogP contribution is -2.31. The standard InChI is InChI=1S/C11H14FNS/c1-7(2)9-6-14-10-5-3-4-8(12)11(10)13-9/h3-5,7,9,13H,6H2,1-2H3. The Morgan fingerprint density at radius 1 is 1.50 bits per heavy atom. The van der Waals surface area contributed by atoms with Gasteiger partial charge in [-0.3, -0.25) is 0 Å². The van der Waals surface area contributed by atoms with Gasteiger partial charge in [0.1, 0.15) is 5.82 Å². The molecule has 1 aliphatic rings. The normalized spacial score (nSPS) is 20.4. The molecule has 3 heteroatoms. The van der Waals surface area contributed by atoms with Crippen LogP contribution in [0.1, 0.15) is 13.8 Å². The van der Waals surface area contributed by atoms with E-state index >= 15 is 0 Å². The lowest BCUT2D eigenvalue weighted by atomic mass is 10.1. The lowest BCUT2D eigenvalue weighted by Gasteiger charge is -2.29.